The molecule has 0 heterocycles. The summed E-state index contributed by atoms with van der Waals surface area (Å²) in [5, 5.41) is 12.0. The van der Waals surface area contributed by atoms with Crippen LogP contribution in [0.15, 0.2) is 24.3 Å². The predicted molar refractivity (Wildman–Crippen MR) is 63.8 cm³/mol. The molecule has 0 fully saturated rings. The van der Waals surface area contributed by atoms with Crippen molar-refractivity contribution < 1.29 is 0 Å². The van der Waals surface area contributed by atoms with Gasteiger partial charge < -0.3 is 5.32 Å². The zero-order valence-electron chi connectivity index (χ0n) is 9.46. The van der Waals surface area contributed by atoms with E-state index in [1.54, 1.807) is 0 Å². The van der Waals surface area contributed by atoms with Gasteiger partial charge in [0, 0.05) is 11.7 Å². The van der Waals surface area contributed by atoms with Gasteiger partial charge >= 0.3 is 0 Å². The van der Waals surface area contributed by atoms with Crippen LogP contribution in [0.1, 0.15) is 32.3 Å². The lowest BCUT2D eigenvalue weighted by molar-refractivity contribution is 0.672. The number of nitrogens with zero attached hydrogens (tertiary/aromatic N) is 1. The van der Waals surface area contributed by atoms with Crippen LogP contribution >= 0.6 is 0 Å². The Morgan fingerprint density at radius 1 is 1.20 bits per heavy atom. The molecule has 1 aromatic carbocycles. The molecule has 0 bridgehead atoms. The molecule has 2 heteroatoms. The molecular formula is C13H18N2. The van der Waals surface area contributed by atoms with Crippen LogP contribution in [0, 0.1) is 11.3 Å². The van der Waals surface area contributed by atoms with Crippen LogP contribution in [0.3, 0.4) is 0 Å². The van der Waals surface area contributed by atoms with Gasteiger partial charge in [0.1, 0.15) is 0 Å². The summed E-state index contributed by atoms with van der Waals surface area (Å²) in [5.74, 6) is 0. The van der Waals surface area contributed by atoms with Crippen molar-refractivity contribution in [1.29, 1.82) is 5.26 Å². The Labute approximate surface area is 91.9 Å². The van der Waals surface area contributed by atoms with Crippen molar-refractivity contribution >= 4 is 5.69 Å². The van der Waals surface area contributed by atoms with E-state index >= 15 is 0 Å². The van der Waals surface area contributed by atoms with E-state index in [0.29, 0.717) is 12.5 Å². The summed E-state index contributed by atoms with van der Waals surface area (Å²) in [5.41, 5.74) is 2.22. The molecule has 0 aliphatic heterocycles. The van der Waals surface area contributed by atoms with Gasteiger partial charge in [-0.1, -0.05) is 26.0 Å². The number of benzene rings is 1. The summed E-state index contributed by atoms with van der Waals surface area (Å²) < 4.78 is 0. The highest BCUT2D eigenvalue weighted by Crippen LogP contribution is 2.13. The lowest BCUT2D eigenvalue weighted by Gasteiger charge is -2.16. The summed E-state index contributed by atoms with van der Waals surface area (Å²) in [7, 11) is 0. The Morgan fingerprint density at radius 2 is 1.80 bits per heavy atom. The monoisotopic (exact) mass is 202 g/mol. The number of nitriles is 1. The van der Waals surface area contributed by atoms with Gasteiger partial charge in [-0.05, 0) is 30.5 Å². The van der Waals surface area contributed by atoms with Gasteiger partial charge in [-0.2, -0.15) is 5.26 Å². The first-order valence-electron chi connectivity index (χ1n) is 5.52. The fraction of sp³-hybridized carbons (Fsp3) is 0.462. The molecule has 1 N–H and O–H groups in total. The largest absolute Gasteiger partial charge is 0.382 e. The zero-order valence-corrected chi connectivity index (χ0v) is 9.46. The van der Waals surface area contributed by atoms with Crippen molar-refractivity contribution in [2.24, 2.45) is 0 Å². The van der Waals surface area contributed by atoms with Gasteiger partial charge in [-0.25, -0.2) is 0 Å². The molecule has 0 radical (unpaired) electrons. The zero-order chi connectivity index (χ0) is 11.1. The van der Waals surface area contributed by atoms with E-state index in [9.17, 15) is 0 Å². The fourth-order valence-electron chi connectivity index (χ4n) is 1.54. The van der Waals surface area contributed by atoms with Gasteiger partial charge in [0.2, 0.25) is 0 Å². The summed E-state index contributed by atoms with van der Waals surface area (Å²) >= 11 is 0. The molecule has 2 nitrogen and oxygen atoms in total. The van der Waals surface area contributed by atoms with E-state index in [4.69, 9.17) is 5.26 Å². The number of anilines is 1. The molecule has 0 atom stereocenters. The molecule has 80 valence electrons. The van der Waals surface area contributed by atoms with E-state index in [2.05, 4.69) is 25.2 Å². The predicted octanol–water partition coefficient (Wildman–Crippen LogP) is 3.35. The van der Waals surface area contributed by atoms with E-state index in [1.165, 1.54) is 0 Å². The first kappa shape index (κ1) is 11.6. The van der Waals surface area contributed by atoms with Gasteiger partial charge in [-0.3, -0.25) is 0 Å². The molecular weight excluding hydrogens is 184 g/mol. The SMILES string of the molecule is CCC(CC)Nc1ccc(CC#N)cc1. The normalized spacial score (nSPS) is 10.0. The first-order valence-corrected chi connectivity index (χ1v) is 5.52. The molecule has 0 unspecified atom stereocenters. The molecule has 1 rings (SSSR count). The molecule has 1 aromatic rings. The maximum Gasteiger partial charge on any atom is 0.0669 e. The van der Waals surface area contributed by atoms with Crippen LogP contribution in [-0.4, -0.2) is 6.04 Å². The summed E-state index contributed by atoms with van der Waals surface area (Å²) in [6.45, 7) is 4.37. The maximum absolute atomic E-state index is 8.54. The van der Waals surface area contributed by atoms with Gasteiger partial charge in [0.15, 0.2) is 0 Å². The Balaban J connectivity index is 2.60. The van der Waals surface area contributed by atoms with Crippen LogP contribution < -0.4 is 5.32 Å². The average Bonchev–Trinajstić information content (AvgIpc) is 2.28. The van der Waals surface area contributed by atoms with Gasteiger partial charge in [0.25, 0.3) is 0 Å². The quantitative estimate of drug-likeness (QED) is 0.794. The minimum atomic E-state index is 0.491. The molecule has 0 aliphatic carbocycles. The molecule has 0 saturated carbocycles. The summed E-state index contributed by atoms with van der Waals surface area (Å²) in [6.07, 6.45) is 2.76. The number of hydrogen-bond acceptors (Lipinski definition) is 2. The Kier molecular flexibility index (Phi) is 4.70. The number of rotatable bonds is 5. The van der Waals surface area contributed by atoms with Gasteiger partial charge in [-0.15, -0.1) is 0 Å². The standard InChI is InChI=1S/C13H18N2/c1-3-12(4-2)15-13-7-5-11(6-8-13)9-10-14/h5-8,12,15H,3-4,9H2,1-2H3. The lowest BCUT2D eigenvalue weighted by atomic mass is 10.1. The second-order valence-electron chi connectivity index (χ2n) is 3.69. The molecule has 15 heavy (non-hydrogen) atoms. The van der Waals surface area contributed by atoms with Crippen LogP contribution in [0.2, 0.25) is 0 Å². The highest BCUT2D eigenvalue weighted by molar-refractivity contribution is 5.45. The maximum atomic E-state index is 8.54. The minimum absolute atomic E-state index is 0.491. The molecule has 0 aliphatic rings. The van der Waals surface area contributed by atoms with E-state index in [1.807, 2.05) is 24.3 Å². The van der Waals surface area contributed by atoms with Crippen LogP contribution in [-0.2, 0) is 6.42 Å². The summed E-state index contributed by atoms with van der Waals surface area (Å²) in [4.78, 5) is 0. The molecule has 0 amide bonds. The van der Waals surface area contributed by atoms with E-state index < -0.39 is 0 Å². The topological polar surface area (TPSA) is 35.8 Å². The van der Waals surface area contributed by atoms with Crippen LogP contribution in [0.25, 0.3) is 0 Å². The Bertz CT molecular complexity index is 317. The van der Waals surface area contributed by atoms with E-state index in [-0.39, 0.29) is 0 Å². The van der Waals surface area contributed by atoms with Crippen molar-refractivity contribution in [1.82, 2.24) is 0 Å². The van der Waals surface area contributed by atoms with Crippen molar-refractivity contribution in [2.45, 2.75) is 39.2 Å². The highest BCUT2D eigenvalue weighted by atomic mass is 14.9. The minimum Gasteiger partial charge on any atom is -0.382 e. The Hall–Kier alpha value is -1.49. The molecule has 0 spiro atoms. The van der Waals surface area contributed by atoms with Gasteiger partial charge in [0.05, 0.1) is 12.5 Å². The smallest absolute Gasteiger partial charge is 0.0669 e. The van der Waals surface area contributed by atoms with Crippen molar-refractivity contribution in [3.05, 3.63) is 29.8 Å². The third-order valence-corrected chi connectivity index (χ3v) is 2.59. The third-order valence-electron chi connectivity index (χ3n) is 2.59. The van der Waals surface area contributed by atoms with Crippen molar-refractivity contribution in [3.63, 3.8) is 0 Å². The number of hydrogen-bond donors (Lipinski definition) is 1. The van der Waals surface area contributed by atoms with Crippen molar-refractivity contribution in [2.75, 3.05) is 5.32 Å². The fourth-order valence-corrected chi connectivity index (χ4v) is 1.54. The van der Waals surface area contributed by atoms with E-state index in [0.717, 1.165) is 24.1 Å². The second kappa shape index (κ2) is 6.08. The lowest BCUT2D eigenvalue weighted by Crippen LogP contribution is -2.16. The van der Waals surface area contributed by atoms with Crippen molar-refractivity contribution in [3.8, 4) is 6.07 Å². The highest BCUT2D eigenvalue weighted by Gasteiger charge is 2.02. The molecule has 0 saturated heterocycles. The molecule has 0 aromatic heterocycles. The Morgan fingerprint density at radius 3 is 2.27 bits per heavy atom. The third kappa shape index (κ3) is 3.63. The average molecular weight is 202 g/mol. The summed E-state index contributed by atoms with van der Waals surface area (Å²) in [6, 6.07) is 10.8. The number of nitrogens with one attached hydrogen (secondary N) is 1. The second-order valence-corrected chi connectivity index (χ2v) is 3.69. The van der Waals surface area contributed by atoms with Crippen LogP contribution in [0.4, 0.5) is 5.69 Å². The van der Waals surface area contributed by atoms with Crippen LogP contribution in [0.5, 0.6) is 0 Å². The first-order chi connectivity index (χ1) is 7.30.